The molecule has 2 aliphatic rings. The first kappa shape index (κ1) is 22.8. The van der Waals surface area contributed by atoms with Crippen LogP contribution in [0.3, 0.4) is 0 Å². The fourth-order valence-corrected chi connectivity index (χ4v) is 5.58. The number of rotatable bonds is 6. The molecule has 3 rings (SSSR count). The van der Waals surface area contributed by atoms with E-state index in [1.54, 1.807) is 37.1 Å². The minimum absolute atomic E-state index is 0.0872. The molecule has 1 N–H and O–H groups in total. The van der Waals surface area contributed by atoms with Crippen molar-refractivity contribution >= 4 is 22.0 Å². The summed E-state index contributed by atoms with van der Waals surface area (Å²) < 4.78 is 34.4. The third kappa shape index (κ3) is 4.71. The van der Waals surface area contributed by atoms with Gasteiger partial charge in [0.25, 0.3) is 0 Å². The number of hydrogen-bond donors (Lipinski definition) is 1. The molecule has 0 spiro atoms. The molecule has 1 aliphatic carbocycles. The van der Waals surface area contributed by atoms with Crippen LogP contribution < -0.4 is 4.74 Å². The lowest BCUT2D eigenvalue weighted by Crippen LogP contribution is -2.50. The summed E-state index contributed by atoms with van der Waals surface area (Å²) in [5.74, 6) is 0.328. The second-order valence-electron chi connectivity index (χ2n) is 8.44. The third-order valence-electron chi connectivity index (χ3n) is 5.81. The van der Waals surface area contributed by atoms with Crippen LogP contribution in [-0.2, 0) is 14.8 Å². The maximum Gasteiger partial charge on any atom is 0.247 e. The zero-order valence-electron chi connectivity index (χ0n) is 18.1. The molecular formula is C22H32N2O5S. The summed E-state index contributed by atoms with van der Waals surface area (Å²) in [6.07, 6.45) is 5.24. The van der Waals surface area contributed by atoms with E-state index in [4.69, 9.17) is 4.74 Å². The van der Waals surface area contributed by atoms with Crippen molar-refractivity contribution in [2.75, 3.05) is 26.7 Å². The minimum Gasteiger partial charge on any atom is -0.487 e. The van der Waals surface area contributed by atoms with Crippen molar-refractivity contribution in [3.63, 3.8) is 0 Å². The van der Waals surface area contributed by atoms with Gasteiger partial charge >= 0.3 is 0 Å². The fraction of sp³-hybridized carbons (Fsp3) is 0.591. The van der Waals surface area contributed by atoms with Crippen LogP contribution >= 0.6 is 0 Å². The minimum atomic E-state index is -3.85. The second-order valence-corrected chi connectivity index (χ2v) is 10.3. The van der Waals surface area contributed by atoms with Gasteiger partial charge in [0, 0.05) is 31.5 Å². The molecule has 7 nitrogen and oxygen atoms in total. The Morgan fingerprint density at radius 3 is 2.70 bits per heavy atom. The first-order valence-electron chi connectivity index (χ1n) is 10.5. The normalized spacial score (nSPS) is 25.1. The topological polar surface area (TPSA) is 87.2 Å². The lowest BCUT2D eigenvalue weighted by atomic mass is 10.0. The molecule has 8 heteroatoms. The molecule has 1 amide bonds. The molecule has 0 radical (unpaired) electrons. The van der Waals surface area contributed by atoms with Crippen molar-refractivity contribution < 1.29 is 23.1 Å². The average molecular weight is 437 g/mol. The van der Waals surface area contributed by atoms with E-state index < -0.39 is 16.1 Å². The number of aliphatic hydroxyl groups excluding tert-OH is 1. The first-order valence-corrected chi connectivity index (χ1v) is 11.9. The van der Waals surface area contributed by atoms with Gasteiger partial charge in [-0.2, -0.15) is 4.31 Å². The summed E-state index contributed by atoms with van der Waals surface area (Å²) in [7, 11) is -2.07. The summed E-state index contributed by atoms with van der Waals surface area (Å²) in [5.41, 5.74) is 0.836. The highest BCUT2D eigenvalue weighted by Gasteiger charge is 2.39. The summed E-state index contributed by atoms with van der Waals surface area (Å²) in [6.45, 7) is 5.82. The molecule has 0 aromatic heterocycles. The Balaban J connectivity index is 2.01. The van der Waals surface area contributed by atoms with Gasteiger partial charge in [-0.15, -0.1) is 0 Å². The number of fused-ring (bicyclic) bond motifs is 1. The van der Waals surface area contributed by atoms with Crippen molar-refractivity contribution in [2.45, 2.75) is 50.7 Å². The molecule has 0 saturated heterocycles. The number of allylic oxidation sites excluding steroid dienone is 1. The maximum atomic E-state index is 13.4. The monoisotopic (exact) mass is 436 g/mol. The van der Waals surface area contributed by atoms with Crippen molar-refractivity contribution in [3.05, 3.63) is 29.8 Å². The highest BCUT2D eigenvalue weighted by molar-refractivity contribution is 7.89. The Bertz CT molecular complexity index is 910. The standard InChI is InChI=1S/C22H32N2O5S/c1-5-6-17-7-10-21-19(11-17)29-20(13-23(4)22(26)18-8-9-18)15(2)12-24(16(3)14-25)30(21,27)28/h5-7,10-11,15-16,18,20,25H,8-9,12-14H2,1-4H3/b6-5+/t15-,16+,20-/m0/s1. The lowest BCUT2D eigenvalue weighted by molar-refractivity contribution is -0.132. The van der Waals surface area contributed by atoms with Crippen LogP contribution in [0.25, 0.3) is 6.08 Å². The molecule has 0 bridgehead atoms. The van der Waals surface area contributed by atoms with Crippen molar-refractivity contribution in [1.82, 2.24) is 9.21 Å². The Labute approximate surface area is 179 Å². The number of amides is 1. The molecule has 1 aromatic rings. The number of nitrogens with zero attached hydrogens (tertiary/aromatic N) is 2. The second kappa shape index (κ2) is 9.08. The summed E-state index contributed by atoms with van der Waals surface area (Å²) in [6, 6.07) is 4.46. The van der Waals surface area contributed by atoms with E-state index in [-0.39, 0.29) is 47.6 Å². The van der Waals surface area contributed by atoms with Crippen LogP contribution in [0.15, 0.2) is 29.2 Å². The number of hydrogen-bond acceptors (Lipinski definition) is 5. The first-order chi connectivity index (χ1) is 14.2. The van der Waals surface area contributed by atoms with Gasteiger partial charge in [-0.25, -0.2) is 8.42 Å². The summed E-state index contributed by atoms with van der Waals surface area (Å²) in [4.78, 5) is 14.3. The summed E-state index contributed by atoms with van der Waals surface area (Å²) in [5, 5.41) is 9.68. The van der Waals surface area contributed by atoms with Crippen LogP contribution in [0.1, 0.15) is 39.2 Å². The quantitative estimate of drug-likeness (QED) is 0.740. The number of benzene rings is 1. The smallest absolute Gasteiger partial charge is 0.247 e. The highest BCUT2D eigenvalue weighted by Crippen LogP contribution is 2.35. The van der Waals surface area contributed by atoms with Crippen molar-refractivity contribution in [3.8, 4) is 5.75 Å². The van der Waals surface area contributed by atoms with Crippen LogP contribution in [-0.4, -0.2) is 67.5 Å². The van der Waals surface area contributed by atoms with Gasteiger partial charge in [0.2, 0.25) is 15.9 Å². The number of aliphatic hydroxyl groups is 1. The third-order valence-corrected chi connectivity index (χ3v) is 7.83. The van der Waals surface area contributed by atoms with E-state index in [2.05, 4.69) is 0 Å². The Morgan fingerprint density at radius 2 is 2.10 bits per heavy atom. The van der Waals surface area contributed by atoms with Crippen molar-refractivity contribution in [1.29, 1.82) is 0 Å². The number of ether oxygens (including phenoxy) is 1. The fourth-order valence-electron chi connectivity index (χ4n) is 3.76. The molecule has 0 unspecified atom stereocenters. The van der Waals surface area contributed by atoms with Crippen LogP contribution in [0.5, 0.6) is 5.75 Å². The van der Waals surface area contributed by atoms with Gasteiger partial charge in [-0.05, 0) is 44.4 Å². The predicted molar refractivity (Wildman–Crippen MR) is 116 cm³/mol. The average Bonchev–Trinajstić information content (AvgIpc) is 3.55. The molecule has 1 aliphatic heterocycles. The van der Waals surface area contributed by atoms with Crippen LogP contribution in [0.2, 0.25) is 0 Å². The van der Waals surface area contributed by atoms with Crippen LogP contribution in [0.4, 0.5) is 0 Å². The number of sulfonamides is 1. The van der Waals surface area contributed by atoms with Gasteiger partial charge < -0.3 is 14.7 Å². The number of carbonyl (C=O) groups excluding carboxylic acids is 1. The molecule has 1 heterocycles. The van der Waals surface area contributed by atoms with Crippen molar-refractivity contribution in [2.24, 2.45) is 11.8 Å². The van der Waals surface area contributed by atoms with E-state index >= 15 is 0 Å². The molecule has 1 saturated carbocycles. The van der Waals surface area contributed by atoms with Gasteiger partial charge in [0.15, 0.2) is 0 Å². The number of likely N-dealkylation sites (N-methyl/N-ethyl adjacent to an activating group) is 1. The van der Waals surface area contributed by atoms with Gasteiger partial charge in [0.1, 0.15) is 16.7 Å². The maximum absolute atomic E-state index is 13.4. The van der Waals surface area contributed by atoms with Crippen LogP contribution in [0, 0.1) is 11.8 Å². The molecule has 3 atom stereocenters. The van der Waals surface area contributed by atoms with Gasteiger partial charge in [-0.1, -0.05) is 25.1 Å². The Morgan fingerprint density at radius 1 is 1.40 bits per heavy atom. The molecule has 1 aromatic carbocycles. The van der Waals surface area contributed by atoms with E-state index in [1.165, 1.54) is 4.31 Å². The van der Waals surface area contributed by atoms with Gasteiger partial charge in [0.05, 0.1) is 13.2 Å². The summed E-state index contributed by atoms with van der Waals surface area (Å²) >= 11 is 0. The Kier molecular flexibility index (Phi) is 6.89. The predicted octanol–water partition coefficient (Wildman–Crippen LogP) is 2.36. The Hall–Kier alpha value is -1.90. The molecular weight excluding hydrogens is 404 g/mol. The zero-order valence-corrected chi connectivity index (χ0v) is 18.9. The largest absolute Gasteiger partial charge is 0.487 e. The van der Waals surface area contributed by atoms with E-state index in [0.29, 0.717) is 6.54 Å². The highest BCUT2D eigenvalue weighted by atomic mass is 32.2. The molecule has 30 heavy (non-hydrogen) atoms. The molecule has 1 fully saturated rings. The van der Waals surface area contributed by atoms with E-state index in [0.717, 1.165) is 18.4 Å². The zero-order chi connectivity index (χ0) is 22.1. The molecule has 166 valence electrons. The van der Waals surface area contributed by atoms with E-state index in [1.807, 2.05) is 26.0 Å². The van der Waals surface area contributed by atoms with Gasteiger partial charge in [-0.3, -0.25) is 4.79 Å². The number of carbonyl (C=O) groups is 1. The SMILES string of the molecule is C/C=C/c1ccc2c(c1)O[C@@H](CN(C)C(=O)C1CC1)[C@@H](C)CN([C@H](C)CO)S2(=O)=O. The lowest BCUT2D eigenvalue weighted by Gasteiger charge is -2.37. The van der Waals surface area contributed by atoms with E-state index in [9.17, 15) is 18.3 Å².